The molecule has 1 aromatic heterocycles. The molecule has 0 atom stereocenters. The molecule has 0 saturated carbocycles. The average molecular weight is 257 g/mol. The van der Waals surface area contributed by atoms with E-state index < -0.39 is 0 Å². The summed E-state index contributed by atoms with van der Waals surface area (Å²) in [5, 5.41) is 4.77. The van der Waals surface area contributed by atoms with Gasteiger partial charge in [-0.2, -0.15) is 5.10 Å². The summed E-state index contributed by atoms with van der Waals surface area (Å²) in [5.41, 5.74) is 13.2. The van der Waals surface area contributed by atoms with Gasteiger partial charge in [-0.15, -0.1) is 0 Å². The van der Waals surface area contributed by atoms with Crippen molar-refractivity contribution in [3.63, 3.8) is 0 Å². The first kappa shape index (κ1) is 13.8. The zero-order valence-corrected chi connectivity index (χ0v) is 12.3. The van der Waals surface area contributed by atoms with Crippen molar-refractivity contribution in [1.82, 2.24) is 9.78 Å². The fourth-order valence-electron chi connectivity index (χ4n) is 2.66. The Morgan fingerprint density at radius 3 is 2.42 bits per heavy atom. The number of aryl methyl sites for hydroxylation is 3. The number of nitrogens with zero attached hydrogens (tertiary/aromatic N) is 2. The third-order valence-corrected chi connectivity index (χ3v) is 3.63. The van der Waals surface area contributed by atoms with E-state index in [0.717, 1.165) is 24.2 Å². The molecule has 0 bridgehead atoms. The second-order valence-electron chi connectivity index (χ2n) is 4.98. The minimum absolute atomic E-state index is 0.567. The molecule has 1 heterocycles. The molecular weight excluding hydrogens is 234 g/mol. The molecule has 0 radical (unpaired) electrons. The van der Waals surface area contributed by atoms with Crippen molar-refractivity contribution in [3.8, 4) is 5.69 Å². The van der Waals surface area contributed by atoms with E-state index in [1.807, 2.05) is 0 Å². The molecule has 0 spiro atoms. The van der Waals surface area contributed by atoms with E-state index >= 15 is 0 Å². The second-order valence-corrected chi connectivity index (χ2v) is 4.98. The number of rotatable bonds is 4. The molecule has 0 unspecified atom stereocenters. The fraction of sp³-hybridized carbons (Fsp3) is 0.438. The molecule has 3 heteroatoms. The van der Waals surface area contributed by atoms with Gasteiger partial charge in [0.05, 0.1) is 11.4 Å². The summed E-state index contributed by atoms with van der Waals surface area (Å²) in [6.45, 7) is 9.11. The lowest BCUT2D eigenvalue weighted by molar-refractivity contribution is 0.787. The minimum atomic E-state index is 0.567. The maximum Gasteiger partial charge on any atom is 0.0678 e. The van der Waals surface area contributed by atoms with Crippen LogP contribution in [0.4, 0.5) is 0 Å². The van der Waals surface area contributed by atoms with Crippen LogP contribution in [0.15, 0.2) is 18.2 Å². The normalized spacial score (nSPS) is 11.0. The van der Waals surface area contributed by atoms with Gasteiger partial charge in [-0.05, 0) is 38.3 Å². The molecule has 0 aliphatic rings. The monoisotopic (exact) mass is 257 g/mol. The lowest BCUT2D eigenvalue weighted by atomic mass is 10.1. The van der Waals surface area contributed by atoms with Crippen molar-refractivity contribution in [2.75, 3.05) is 0 Å². The van der Waals surface area contributed by atoms with Crippen molar-refractivity contribution in [3.05, 3.63) is 46.3 Å². The van der Waals surface area contributed by atoms with Gasteiger partial charge >= 0.3 is 0 Å². The van der Waals surface area contributed by atoms with Crippen LogP contribution in [0, 0.1) is 13.8 Å². The summed E-state index contributed by atoms with van der Waals surface area (Å²) >= 11 is 0. The predicted molar refractivity (Wildman–Crippen MR) is 79.7 cm³/mol. The highest BCUT2D eigenvalue weighted by Gasteiger charge is 2.16. The molecule has 0 aliphatic carbocycles. The molecule has 0 amide bonds. The van der Waals surface area contributed by atoms with Crippen LogP contribution in [0.3, 0.4) is 0 Å². The van der Waals surface area contributed by atoms with Gasteiger partial charge in [0.2, 0.25) is 0 Å². The molecule has 2 aromatic rings. The third kappa shape index (κ3) is 2.43. The highest BCUT2D eigenvalue weighted by atomic mass is 15.3. The van der Waals surface area contributed by atoms with E-state index in [9.17, 15) is 0 Å². The van der Waals surface area contributed by atoms with Crippen LogP contribution >= 0.6 is 0 Å². The summed E-state index contributed by atoms with van der Waals surface area (Å²) in [6, 6.07) is 6.48. The van der Waals surface area contributed by atoms with Gasteiger partial charge in [0.1, 0.15) is 0 Å². The standard InChI is InChI=1S/C16H23N3/c1-5-14-13(10-17)15(6-2)19(18-14)16-8-7-11(3)9-12(16)4/h7-9H,5-6,10,17H2,1-4H3. The first-order valence-electron chi connectivity index (χ1n) is 6.99. The molecule has 0 aliphatic heterocycles. The van der Waals surface area contributed by atoms with Crippen LogP contribution < -0.4 is 5.73 Å². The summed E-state index contributed by atoms with van der Waals surface area (Å²) in [5.74, 6) is 0. The van der Waals surface area contributed by atoms with Gasteiger partial charge in [0.15, 0.2) is 0 Å². The topological polar surface area (TPSA) is 43.8 Å². The number of hydrogen-bond donors (Lipinski definition) is 1. The predicted octanol–water partition coefficient (Wildman–Crippen LogP) is 3.07. The van der Waals surface area contributed by atoms with Crippen molar-refractivity contribution in [2.24, 2.45) is 5.73 Å². The summed E-state index contributed by atoms with van der Waals surface area (Å²) in [6.07, 6.45) is 1.88. The number of aromatic nitrogens is 2. The average Bonchev–Trinajstić information content (AvgIpc) is 2.76. The van der Waals surface area contributed by atoms with Crippen molar-refractivity contribution in [2.45, 2.75) is 47.1 Å². The van der Waals surface area contributed by atoms with E-state index in [0.29, 0.717) is 6.54 Å². The number of nitrogens with two attached hydrogens (primary N) is 1. The van der Waals surface area contributed by atoms with Crippen LogP contribution in [0.5, 0.6) is 0 Å². The Bertz CT molecular complexity index is 582. The van der Waals surface area contributed by atoms with Crippen LogP contribution in [0.25, 0.3) is 5.69 Å². The van der Waals surface area contributed by atoms with E-state index in [4.69, 9.17) is 10.8 Å². The molecule has 2 N–H and O–H groups in total. The zero-order valence-electron chi connectivity index (χ0n) is 12.3. The molecule has 2 rings (SSSR count). The maximum absolute atomic E-state index is 5.90. The molecular formula is C16H23N3. The Morgan fingerprint density at radius 2 is 1.89 bits per heavy atom. The highest BCUT2D eigenvalue weighted by Crippen LogP contribution is 2.22. The molecule has 19 heavy (non-hydrogen) atoms. The lowest BCUT2D eigenvalue weighted by Crippen LogP contribution is -2.06. The number of hydrogen-bond acceptors (Lipinski definition) is 2. The highest BCUT2D eigenvalue weighted by molar-refractivity contribution is 5.45. The van der Waals surface area contributed by atoms with Crippen molar-refractivity contribution >= 4 is 0 Å². The van der Waals surface area contributed by atoms with Gasteiger partial charge in [-0.3, -0.25) is 0 Å². The van der Waals surface area contributed by atoms with E-state index in [1.54, 1.807) is 0 Å². The van der Waals surface area contributed by atoms with Gasteiger partial charge in [0.25, 0.3) is 0 Å². The Morgan fingerprint density at radius 1 is 1.16 bits per heavy atom. The smallest absolute Gasteiger partial charge is 0.0678 e. The van der Waals surface area contributed by atoms with Crippen molar-refractivity contribution < 1.29 is 0 Å². The first-order valence-corrected chi connectivity index (χ1v) is 6.99. The van der Waals surface area contributed by atoms with Crippen LogP contribution in [0.2, 0.25) is 0 Å². The molecule has 0 fully saturated rings. The third-order valence-electron chi connectivity index (χ3n) is 3.63. The molecule has 102 valence electrons. The lowest BCUT2D eigenvalue weighted by Gasteiger charge is -2.11. The molecule has 0 saturated heterocycles. The van der Waals surface area contributed by atoms with Gasteiger partial charge in [-0.1, -0.05) is 31.5 Å². The van der Waals surface area contributed by atoms with Crippen LogP contribution in [-0.2, 0) is 19.4 Å². The Hall–Kier alpha value is -1.61. The Kier molecular flexibility index (Phi) is 4.05. The Labute approximate surface area is 115 Å². The molecule has 3 nitrogen and oxygen atoms in total. The Balaban J connectivity index is 2.64. The SMILES string of the molecule is CCc1nn(-c2ccc(C)cc2C)c(CC)c1CN. The fourth-order valence-corrected chi connectivity index (χ4v) is 2.66. The van der Waals surface area contributed by atoms with Gasteiger partial charge < -0.3 is 5.73 Å². The minimum Gasteiger partial charge on any atom is -0.326 e. The second kappa shape index (κ2) is 5.57. The van der Waals surface area contributed by atoms with E-state index in [1.165, 1.54) is 22.4 Å². The summed E-state index contributed by atoms with van der Waals surface area (Å²) in [7, 11) is 0. The summed E-state index contributed by atoms with van der Waals surface area (Å²) in [4.78, 5) is 0. The molecule has 1 aromatic carbocycles. The van der Waals surface area contributed by atoms with Crippen LogP contribution in [0.1, 0.15) is 41.9 Å². The summed E-state index contributed by atoms with van der Waals surface area (Å²) < 4.78 is 2.08. The van der Waals surface area contributed by atoms with Gasteiger partial charge in [-0.25, -0.2) is 4.68 Å². The van der Waals surface area contributed by atoms with Crippen LogP contribution in [-0.4, -0.2) is 9.78 Å². The largest absolute Gasteiger partial charge is 0.326 e. The quantitative estimate of drug-likeness (QED) is 0.914. The van der Waals surface area contributed by atoms with E-state index in [-0.39, 0.29) is 0 Å². The first-order chi connectivity index (χ1) is 9.12. The maximum atomic E-state index is 5.90. The number of benzene rings is 1. The van der Waals surface area contributed by atoms with Crippen molar-refractivity contribution in [1.29, 1.82) is 0 Å². The van der Waals surface area contributed by atoms with Gasteiger partial charge in [0, 0.05) is 17.8 Å². The zero-order chi connectivity index (χ0) is 14.0. The van der Waals surface area contributed by atoms with E-state index in [2.05, 4.69) is 50.6 Å².